The Morgan fingerprint density at radius 1 is 0.944 bits per heavy atom. The molecule has 2 aromatic rings. The molecule has 0 aromatic heterocycles. The number of benzene rings is 2. The smallest absolute Gasteiger partial charge is 0.142 e. The lowest BCUT2D eigenvalue weighted by Gasteiger charge is -2.22. The van der Waals surface area contributed by atoms with E-state index < -0.39 is 0 Å². The zero-order valence-electron chi connectivity index (χ0n) is 9.58. The van der Waals surface area contributed by atoms with E-state index >= 15 is 0 Å². The van der Waals surface area contributed by atoms with Crippen molar-refractivity contribution in [3.63, 3.8) is 0 Å². The van der Waals surface area contributed by atoms with Gasteiger partial charge in [-0.25, -0.2) is 0 Å². The minimum absolute atomic E-state index is 0.179. The van der Waals surface area contributed by atoms with Crippen LogP contribution in [0, 0.1) is 0 Å². The standard InChI is InChI=1S/C15H12O3/c16-12-3-1-2-11(8-12)14-7-5-10-4-6-13(17)9-15(10)18-14/h1-9,14,16-17H. The van der Waals surface area contributed by atoms with Crippen molar-refractivity contribution in [3.8, 4) is 17.2 Å². The molecule has 0 aliphatic carbocycles. The van der Waals surface area contributed by atoms with Gasteiger partial charge in [-0.2, -0.15) is 0 Å². The molecule has 1 aliphatic heterocycles. The van der Waals surface area contributed by atoms with Crippen LogP contribution in [0.25, 0.3) is 6.08 Å². The van der Waals surface area contributed by atoms with Gasteiger partial charge in [-0.3, -0.25) is 0 Å². The van der Waals surface area contributed by atoms with Crippen LogP contribution in [0.4, 0.5) is 0 Å². The molecule has 2 aromatic carbocycles. The Kier molecular flexibility index (Phi) is 2.45. The van der Waals surface area contributed by atoms with Gasteiger partial charge in [-0.15, -0.1) is 0 Å². The maximum atomic E-state index is 9.46. The average Bonchev–Trinajstić information content (AvgIpc) is 2.38. The van der Waals surface area contributed by atoms with Gasteiger partial charge in [0.15, 0.2) is 0 Å². The SMILES string of the molecule is Oc1cccc(C2C=Cc3ccc(O)cc3O2)c1. The van der Waals surface area contributed by atoms with Crippen LogP contribution in [-0.2, 0) is 0 Å². The summed E-state index contributed by atoms with van der Waals surface area (Å²) in [5, 5.41) is 18.9. The van der Waals surface area contributed by atoms with Crippen molar-refractivity contribution in [2.24, 2.45) is 0 Å². The Morgan fingerprint density at radius 2 is 1.78 bits per heavy atom. The molecule has 0 saturated carbocycles. The number of hydrogen-bond donors (Lipinski definition) is 2. The number of ether oxygens (including phenoxy) is 1. The van der Waals surface area contributed by atoms with Crippen LogP contribution in [0.15, 0.2) is 48.5 Å². The molecule has 0 saturated heterocycles. The first-order valence-electron chi connectivity index (χ1n) is 5.69. The van der Waals surface area contributed by atoms with Crippen molar-refractivity contribution in [1.29, 1.82) is 0 Å². The summed E-state index contributed by atoms with van der Waals surface area (Å²) in [5.41, 5.74) is 1.81. The van der Waals surface area contributed by atoms with Gasteiger partial charge in [0.05, 0.1) is 0 Å². The Labute approximate surface area is 105 Å². The molecule has 1 atom stereocenters. The van der Waals surface area contributed by atoms with E-state index in [4.69, 9.17) is 4.74 Å². The fourth-order valence-electron chi connectivity index (χ4n) is 2.01. The third-order valence-corrected chi connectivity index (χ3v) is 2.90. The third kappa shape index (κ3) is 1.91. The van der Waals surface area contributed by atoms with E-state index in [0.717, 1.165) is 11.1 Å². The second kappa shape index (κ2) is 4.11. The monoisotopic (exact) mass is 240 g/mol. The highest BCUT2D eigenvalue weighted by Gasteiger charge is 2.17. The number of phenols is 2. The molecule has 3 rings (SSSR count). The number of phenolic OH excluding ortho intramolecular Hbond substituents is 2. The lowest BCUT2D eigenvalue weighted by Crippen LogP contribution is -2.08. The molecule has 90 valence electrons. The maximum Gasteiger partial charge on any atom is 0.142 e. The Bertz CT molecular complexity index is 617. The Balaban J connectivity index is 1.95. The van der Waals surface area contributed by atoms with Crippen molar-refractivity contribution >= 4 is 6.08 Å². The first kappa shape index (κ1) is 10.7. The molecule has 1 unspecified atom stereocenters. The van der Waals surface area contributed by atoms with Gasteiger partial charge in [-0.1, -0.05) is 18.2 Å². The number of aromatic hydroxyl groups is 2. The number of rotatable bonds is 1. The quantitative estimate of drug-likeness (QED) is 0.804. The summed E-state index contributed by atoms with van der Waals surface area (Å²) in [6, 6.07) is 12.0. The van der Waals surface area contributed by atoms with Gasteiger partial charge in [0.2, 0.25) is 0 Å². The van der Waals surface area contributed by atoms with Crippen molar-refractivity contribution in [2.45, 2.75) is 6.10 Å². The summed E-state index contributed by atoms with van der Waals surface area (Å²) in [6.45, 7) is 0. The van der Waals surface area contributed by atoms with E-state index in [1.807, 2.05) is 18.2 Å². The summed E-state index contributed by atoms with van der Waals surface area (Å²) >= 11 is 0. The van der Waals surface area contributed by atoms with Gasteiger partial charge in [0.25, 0.3) is 0 Å². The summed E-state index contributed by atoms with van der Waals surface area (Å²) in [5.74, 6) is 1.04. The molecule has 2 N–H and O–H groups in total. The van der Waals surface area contributed by atoms with Crippen molar-refractivity contribution in [2.75, 3.05) is 0 Å². The maximum absolute atomic E-state index is 9.46. The summed E-state index contributed by atoms with van der Waals surface area (Å²) in [7, 11) is 0. The molecule has 18 heavy (non-hydrogen) atoms. The van der Waals surface area contributed by atoms with E-state index in [-0.39, 0.29) is 17.6 Å². The molecule has 0 bridgehead atoms. The minimum atomic E-state index is -0.244. The molecule has 3 nitrogen and oxygen atoms in total. The topological polar surface area (TPSA) is 49.7 Å². The van der Waals surface area contributed by atoms with Crippen LogP contribution in [0.3, 0.4) is 0 Å². The highest BCUT2D eigenvalue weighted by atomic mass is 16.5. The predicted octanol–water partition coefficient (Wildman–Crippen LogP) is 3.24. The summed E-state index contributed by atoms with van der Waals surface area (Å²) in [4.78, 5) is 0. The van der Waals surface area contributed by atoms with Gasteiger partial charge >= 0.3 is 0 Å². The lowest BCUT2D eigenvalue weighted by atomic mass is 10.0. The Hall–Kier alpha value is -2.42. The first-order chi connectivity index (χ1) is 8.72. The van der Waals surface area contributed by atoms with E-state index in [1.54, 1.807) is 36.4 Å². The Morgan fingerprint density at radius 3 is 2.61 bits per heavy atom. The van der Waals surface area contributed by atoms with Crippen LogP contribution in [0.1, 0.15) is 17.2 Å². The molecule has 0 radical (unpaired) electrons. The predicted molar refractivity (Wildman–Crippen MR) is 68.6 cm³/mol. The van der Waals surface area contributed by atoms with Gasteiger partial charge in [-0.05, 0) is 35.9 Å². The van der Waals surface area contributed by atoms with Crippen molar-refractivity contribution in [1.82, 2.24) is 0 Å². The average molecular weight is 240 g/mol. The summed E-state index contributed by atoms with van der Waals surface area (Å²) in [6.07, 6.45) is 3.63. The van der Waals surface area contributed by atoms with Crippen molar-refractivity contribution in [3.05, 3.63) is 59.7 Å². The lowest BCUT2D eigenvalue weighted by molar-refractivity contribution is 0.250. The zero-order chi connectivity index (χ0) is 12.5. The molecule has 0 amide bonds. The fraction of sp³-hybridized carbons (Fsp3) is 0.0667. The number of hydrogen-bond acceptors (Lipinski definition) is 3. The molecule has 3 heteroatoms. The minimum Gasteiger partial charge on any atom is -0.508 e. The molecule has 1 aliphatic rings. The van der Waals surface area contributed by atoms with Gasteiger partial charge in [0, 0.05) is 11.6 Å². The van der Waals surface area contributed by atoms with Crippen LogP contribution >= 0.6 is 0 Å². The van der Waals surface area contributed by atoms with Crippen molar-refractivity contribution < 1.29 is 14.9 Å². The molecule has 1 heterocycles. The number of fused-ring (bicyclic) bond motifs is 1. The molecular formula is C15H12O3. The van der Waals surface area contributed by atoms with Crippen LogP contribution < -0.4 is 4.74 Å². The van der Waals surface area contributed by atoms with E-state index in [9.17, 15) is 10.2 Å². The first-order valence-corrected chi connectivity index (χ1v) is 5.69. The third-order valence-electron chi connectivity index (χ3n) is 2.90. The second-order valence-corrected chi connectivity index (χ2v) is 4.21. The largest absolute Gasteiger partial charge is 0.508 e. The highest BCUT2D eigenvalue weighted by Crippen LogP contribution is 2.35. The molecule has 0 fully saturated rings. The normalized spacial score (nSPS) is 17.0. The van der Waals surface area contributed by atoms with Gasteiger partial charge in [0.1, 0.15) is 23.4 Å². The fourth-order valence-corrected chi connectivity index (χ4v) is 2.01. The van der Waals surface area contributed by atoms with E-state index in [2.05, 4.69) is 0 Å². The molecular weight excluding hydrogens is 228 g/mol. The molecule has 0 spiro atoms. The highest BCUT2D eigenvalue weighted by molar-refractivity contribution is 5.62. The summed E-state index contributed by atoms with van der Waals surface area (Å²) < 4.78 is 5.80. The van der Waals surface area contributed by atoms with Crippen LogP contribution in [-0.4, -0.2) is 10.2 Å². The van der Waals surface area contributed by atoms with E-state index in [1.165, 1.54) is 0 Å². The van der Waals surface area contributed by atoms with Crippen LogP contribution in [0.5, 0.6) is 17.2 Å². The van der Waals surface area contributed by atoms with Crippen LogP contribution in [0.2, 0.25) is 0 Å². The van der Waals surface area contributed by atoms with Gasteiger partial charge < -0.3 is 14.9 Å². The zero-order valence-corrected chi connectivity index (χ0v) is 9.58. The second-order valence-electron chi connectivity index (χ2n) is 4.21. The van der Waals surface area contributed by atoms with E-state index in [0.29, 0.717) is 5.75 Å².